The molecule has 1 unspecified atom stereocenters. The third-order valence-corrected chi connectivity index (χ3v) is 1.86. The minimum absolute atomic E-state index is 0.922. The standard InChI is InChI=1S/C7H9OP.C2HF3O2/c1-8-6-2-4-7(9)5-3-6;3-2(4,5)1(6)7/h2-5H,9H2,1H3;(H,6,7). The first-order valence-electron chi connectivity index (χ1n) is 4.01. The molecule has 1 rings (SSSR count). The quantitative estimate of drug-likeness (QED) is 0.674. The van der Waals surface area contributed by atoms with Crippen molar-refractivity contribution in [2.45, 2.75) is 6.18 Å². The highest BCUT2D eigenvalue weighted by atomic mass is 31.0. The Kier molecular flexibility index (Phi) is 5.82. The van der Waals surface area contributed by atoms with Gasteiger partial charge in [0, 0.05) is 9.24 Å². The van der Waals surface area contributed by atoms with Crippen LogP contribution in [0.1, 0.15) is 0 Å². The van der Waals surface area contributed by atoms with Crippen LogP contribution >= 0.6 is 9.24 Å². The first kappa shape index (κ1) is 14.7. The monoisotopic (exact) mass is 254 g/mol. The minimum atomic E-state index is -5.19. The van der Waals surface area contributed by atoms with Crippen molar-refractivity contribution < 1.29 is 27.8 Å². The molecule has 1 atom stereocenters. The number of benzene rings is 1. The van der Waals surface area contributed by atoms with Crippen LogP contribution in [-0.2, 0) is 4.79 Å². The van der Waals surface area contributed by atoms with Gasteiger partial charge >= 0.3 is 6.18 Å². The van der Waals surface area contributed by atoms with Crippen LogP contribution in [0.4, 0.5) is 13.2 Å². The van der Waals surface area contributed by atoms with Gasteiger partial charge in [-0.3, -0.25) is 0 Å². The van der Waals surface area contributed by atoms with Crippen LogP contribution in [0.25, 0.3) is 0 Å². The molecule has 0 heterocycles. The highest BCUT2D eigenvalue weighted by Gasteiger charge is 2.28. The predicted molar refractivity (Wildman–Crippen MR) is 54.8 cm³/mol. The highest BCUT2D eigenvalue weighted by Crippen LogP contribution is 2.11. The number of rotatable bonds is 1. The Bertz CT molecular complexity index is 335. The molecular weight excluding hydrogens is 244 g/mol. The van der Waals surface area contributed by atoms with Crippen molar-refractivity contribution in [3.8, 4) is 5.75 Å². The van der Waals surface area contributed by atoms with Crippen LogP contribution in [0.5, 0.6) is 5.75 Å². The number of alkyl halides is 3. The molecule has 3 nitrogen and oxygen atoms in total. The fourth-order valence-electron chi connectivity index (χ4n) is 0.626. The Hall–Kier alpha value is -1.29. The molecule has 7 heteroatoms. The van der Waals surface area contributed by atoms with E-state index in [1.54, 1.807) is 7.11 Å². The summed E-state index contributed by atoms with van der Waals surface area (Å²) in [5, 5.41) is 10.1. The SMILES string of the molecule is COc1ccc([PH3+])cc1.O=C([O-])C(F)(F)F. The Morgan fingerprint density at radius 1 is 1.31 bits per heavy atom. The van der Waals surface area contributed by atoms with E-state index in [1.807, 2.05) is 33.5 Å². The van der Waals surface area contributed by atoms with E-state index in [0.717, 1.165) is 5.75 Å². The van der Waals surface area contributed by atoms with Crippen LogP contribution in [0, 0.1) is 0 Å². The minimum Gasteiger partial charge on any atom is -0.542 e. The van der Waals surface area contributed by atoms with Crippen LogP contribution in [0.15, 0.2) is 24.3 Å². The van der Waals surface area contributed by atoms with Crippen LogP contribution < -0.4 is 15.1 Å². The van der Waals surface area contributed by atoms with Gasteiger partial charge in [0.2, 0.25) is 0 Å². The summed E-state index contributed by atoms with van der Waals surface area (Å²) in [6.45, 7) is 0. The molecule has 0 aliphatic heterocycles. The summed E-state index contributed by atoms with van der Waals surface area (Å²) in [5.41, 5.74) is 0. The van der Waals surface area contributed by atoms with Crippen molar-refractivity contribution in [3.05, 3.63) is 24.3 Å². The van der Waals surface area contributed by atoms with Gasteiger partial charge in [0.15, 0.2) is 0 Å². The average molecular weight is 254 g/mol. The fraction of sp³-hybridized carbons (Fsp3) is 0.222. The third kappa shape index (κ3) is 6.24. The predicted octanol–water partition coefficient (Wildman–Crippen LogP) is 0.226. The lowest BCUT2D eigenvalue weighted by Crippen LogP contribution is -2.37. The molecule has 0 saturated carbocycles. The molecule has 0 bridgehead atoms. The van der Waals surface area contributed by atoms with Crippen molar-refractivity contribution in [2.75, 3.05) is 7.11 Å². The normalized spacial score (nSPS) is 10.2. The molecule has 0 saturated heterocycles. The zero-order chi connectivity index (χ0) is 12.8. The summed E-state index contributed by atoms with van der Waals surface area (Å²) in [7, 11) is 3.54. The number of halogens is 3. The van der Waals surface area contributed by atoms with E-state index in [9.17, 15) is 13.2 Å². The van der Waals surface area contributed by atoms with Gasteiger partial charge in [-0.15, -0.1) is 0 Å². The summed E-state index contributed by atoms with van der Waals surface area (Å²) in [6.07, 6.45) is -5.19. The van der Waals surface area contributed by atoms with Gasteiger partial charge in [-0.1, -0.05) is 0 Å². The first-order valence-corrected chi connectivity index (χ1v) is 4.72. The number of carbonyl (C=O) groups is 1. The summed E-state index contributed by atoms with van der Waals surface area (Å²) in [6, 6.07) is 8.00. The van der Waals surface area contributed by atoms with Gasteiger partial charge in [0.25, 0.3) is 0 Å². The van der Waals surface area contributed by atoms with Gasteiger partial charge in [-0.05, 0) is 24.3 Å². The Labute approximate surface area is 92.4 Å². The Morgan fingerprint density at radius 2 is 1.69 bits per heavy atom. The molecule has 0 aliphatic carbocycles. The first-order chi connectivity index (χ1) is 7.27. The van der Waals surface area contributed by atoms with Gasteiger partial charge in [-0.2, -0.15) is 13.2 Å². The molecule has 0 N–H and O–H groups in total. The van der Waals surface area contributed by atoms with Crippen molar-refractivity contribution in [3.63, 3.8) is 0 Å². The smallest absolute Gasteiger partial charge is 0.430 e. The van der Waals surface area contributed by atoms with Crippen molar-refractivity contribution in [1.29, 1.82) is 0 Å². The topological polar surface area (TPSA) is 49.4 Å². The van der Waals surface area contributed by atoms with Crippen LogP contribution in [0.3, 0.4) is 0 Å². The number of carboxylic acids is 1. The van der Waals surface area contributed by atoms with Crippen molar-refractivity contribution in [2.24, 2.45) is 0 Å². The lowest BCUT2D eigenvalue weighted by molar-refractivity contribution is -0.344. The number of methoxy groups -OCH3 is 1. The molecule has 0 amide bonds. The zero-order valence-electron chi connectivity index (χ0n) is 8.38. The molecule has 16 heavy (non-hydrogen) atoms. The average Bonchev–Trinajstić information content (AvgIpc) is 2.18. The molecule has 1 aromatic carbocycles. The van der Waals surface area contributed by atoms with E-state index >= 15 is 0 Å². The van der Waals surface area contributed by atoms with Gasteiger partial charge in [-0.25, -0.2) is 0 Å². The molecular formula is C9H10F3O3P. The largest absolute Gasteiger partial charge is 0.542 e. The Morgan fingerprint density at radius 3 is 1.94 bits per heavy atom. The lowest BCUT2D eigenvalue weighted by Gasteiger charge is -2.03. The van der Waals surface area contributed by atoms with Crippen LogP contribution in [0.2, 0.25) is 0 Å². The van der Waals surface area contributed by atoms with Crippen molar-refractivity contribution in [1.82, 2.24) is 0 Å². The van der Waals surface area contributed by atoms with E-state index in [1.165, 1.54) is 5.30 Å². The fourth-order valence-corrected chi connectivity index (χ4v) is 0.861. The highest BCUT2D eigenvalue weighted by molar-refractivity contribution is 7.27. The molecule has 90 valence electrons. The van der Waals surface area contributed by atoms with Crippen LogP contribution in [-0.4, -0.2) is 19.3 Å². The second-order valence-corrected chi connectivity index (χ2v) is 3.45. The molecule has 0 fully saturated rings. The molecule has 0 spiro atoms. The summed E-state index contributed by atoms with van der Waals surface area (Å²) in [5.74, 6) is -2.09. The molecule has 0 aliphatic rings. The summed E-state index contributed by atoms with van der Waals surface area (Å²) < 4.78 is 36.5. The van der Waals surface area contributed by atoms with E-state index in [4.69, 9.17) is 14.6 Å². The maximum absolute atomic E-state index is 10.5. The van der Waals surface area contributed by atoms with E-state index < -0.39 is 12.1 Å². The maximum Gasteiger partial charge on any atom is 0.430 e. The number of carboxylic acid groups (broad SMARTS) is 1. The second-order valence-electron chi connectivity index (χ2n) is 2.63. The van der Waals surface area contributed by atoms with E-state index in [0.29, 0.717) is 0 Å². The van der Waals surface area contributed by atoms with E-state index in [-0.39, 0.29) is 0 Å². The lowest BCUT2D eigenvalue weighted by atomic mass is 10.3. The number of ether oxygens (including phenoxy) is 1. The maximum atomic E-state index is 10.5. The third-order valence-electron chi connectivity index (χ3n) is 1.39. The summed E-state index contributed by atoms with van der Waals surface area (Å²) >= 11 is 0. The number of hydrogen-bond donors (Lipinski definition) is 0. The molecule has 1 aromatic rings. The summed E-state index contributed by atoms with van der Waals surface area (Å²) in [4.78, 5) is 8.78. The van der Waals surface area contributed by atoms with E-state index in [2.05, 4.69) is 0 Å². The number of aliphatic carboxylic acids is 1. The zero-order valence-corrected chi connectivity index (χ0v) is 9.79. The second kappa shape index (κ2) is 6.33. The van der Waals surface area contributed by atoms with Gasteiger partial charge < -0.3 is 14.6 Å². The number of hydrogen-bond acceptors (Lipinski definition) is 3. The Balaban J connectivity index is 0.000000293. The molecule has 0 aromatic heterocycles. The van der Waals surface area contributed by atoms with Gasteiger partial charge in [0.1, 0.15) is 11.7 Å². The van der Waals surface area contributed by atoms with Gasteiger partial charge in [0.05, 0.1) is 12.4 Å². The number of carbonyl (C=O) groups excluding carboxylic acids is 1. The molecule has 0 radical (unpaired) electrons. The van der Waals surface area contributed by atoms with Crippen molar-refractivity contribution >= 4 is 20.5 Å².